The molecule has 0 aliphatic carbocycles. The van der Waals surface area contributed by atoms with Crippen molar-refractivity contribution in [2.75, 3.05) is 50.2 Å². The molecule has 0 unspecified atom stereocenters. The molecule has 0 N–H and O–H groups in total. The summed E-state index contributed by atoms with van der Waals surface area (Å²) in [5.41, 5.74) is 3.93. The highest BCUT2D eigenvalue weighted by atomic mass is 16.5. The van der Waals surface area contributed by atoms with Crippen molar-refractivity contribution in [1.29, 1.82) is 0 Å². The number of hydrogen-bond donors (Lipinski definition) is 0. The highest BCUT2D eigenvalue weighted by Gasteiger charge is 2.19. The highest BCUT2D eigenvalue weighted by Crippen LogP contribution is 2.32. The van der Waals surface area contributed by atoms with Crippen LogP contribution >= 0.6 is 0 Å². The quantitative estimate of drug-likeness (QED) is 0.745. The monoisotopic (exact) mass is 353 g/mol. The molecule has 2 aromatic rings. The third-order valence-electron chi connectivity index (χ3n) is 5.00. The summed E-state index contributed by atoms with van der Waals surface area (Å²) in [6.07, 6.45) is 3.26. The first-order valence-electron chi connectivity index (χ1n) is 9.35. The summed E-state index contributed by atoms with van der Waals surface area (Å²) in [7, 11) is 3.35. The maximum Gasteiger partial charge on any atom is 0.162 e. The zero-order chi connectivity index (χ0) is 18.4. The van der Waals surface area contributed by atoms with Gasteiger partial charge in [0.2, 0.25) is 0 Å². The van der Waals surface area contributed by atoms with Crippen molar-refractivity contribution in [3.63, 3.8) is 0 Å². The van der Waals surface area contributed by atoms with Gasteiger partial charge in [0.15, 0.2) is 11.5 Å². The van der Waals surface area contributed by atoms with Crippen LogP contribution in [0.25, 0.3) is 0 Å². The van der Waals surface area contributed by atoms with Gasteiger partial charge in [0.05, 0.1) is 14.2 Å². The molecule has 1 aliphatic rings. The fraction of sp³-hybridized carbons (Fsp3) is 0.409. The van der Waals surface area contributed by atoms with E-state index in [2.05, 4.69) is 53.1 Å². The normalized spacial score (nSPS) is 14.4. The van der Waals surface area contributed by atoms with E-state index in [1.54, 1.807) is 14.2 Å². The van der Waals surface area contributed by atoms with Crippen molar-refractivity contribution in [1.82, 2.24) is 0 Å². The number of hydrogen-bond acceptors (Lipinski definition) is 4. The molecule has 3 rings (SSSR count). The van der Waals surface area contributed by atoms with Crippen LogP contribution in [0.4, 0.5) is 11.4 Å². The molecule has 1 saturated heterocycles. The zero-order valence-electron chi connectivity index (χ0n) is 15.9. The molecule has 1 aliphatic heterocycles. The van der Waals surface area contributed by atoms with Gasteiger partial charge in [-0.2, -0.15) is 0 Å². The Morgan fingerprint density at radius 1 is 0.846 bits per heavy atom. The Labute approximate surface area is 157 Å². The predicted octanol–water partition coefficient (Wildman–Crippen LogP) is 4.19. The summed E-state index contributed by atoms with van der Waals surface area (Å²) in [6, 6.07) is 15.1. The predicted molar refractivity (Wildman–Crippen MR) is 109 cm³/mol. The van der Waals surface area contributed by atoms with Crippen LogP contribution in [0.1, 0.15) is 18.4 Å². The van der Waals surface area contributed by atoms with Gasteiger partial charge >= 0.3 is 0 Å². The van der Waals surface area contributed by atoms with Crippen molar-refractivity contribution in [3.05, 3.63) is 55.0 Å². The van der Waals surface area contributed by atoms with E-state index in [1.165, 1.54) is 16.9 Å². The summed E-state index contributed by atoms with van der Waals surface area (Å²) < 4.78 is 10.8. The number of unbranched alkanes of at least 4 members (excludes halogenated alkanes) is 1. The second-order valence-electron chi connectivity index (χ2n) is 6.64. The molecule has 0 saturated carbocycles. The number of nitrogens with zero attached hydrogens (tertiary/aromatic N) is 2. The summed E-state index contributed by atoms with van der Waals surface area (Å²) in [6.45, 7) is 7.98. The first-order valence-corrected chi connectivity index (χ1v) is 9.35. The summed E-state index contributed by atoms with van der Waals surface area (Å²) in [5, 5.41) is 0. The number of piperazine rings is 1. The van der Waals surface area contributed by atoms with Gasteiger partial charge in [-0.25, -0.2) is 0 Å². The van der Waals surface area contributed by atoms with Crippen molar-refractivity contribution in [2.24, 2.45) is 0 Å². The van der Waals surface area contributed by atoms with E-state index >= 15 is 0 Å². The van der Waals surface area contributed by atoms with Gasteiger partial charge in [-0.15, -0.1) is 0 Å². The van der Waals surface area contributed by atoms with Gasteiger partial charge in [0.1, 0.15) is 0 Å². The third-order valence-corrected chi connectivity index (χ3v) is 5.00. The van der Waals surface area contributed by atoms with E-state index in [0.29, 0.717) is 0 Å². The number of rotatable bonds is 7. The second kappa shape index (κ2) is 8.84. The zero-order valence-corrected chi connectivity index (χ0v) is 15.9. The van der Waals surface area contributed by atoms with Crippen LogP contribution in [0, 0.1) is 6.92 Å². The topological polar surface area (TPSA) is 24.9 Å². The number of ether oxygens (including phenoxy) is 2. The van der Waals surface area contributed by atoms with E-state index in [9.17, 15) is 0 Å². The number of methoxy groups -OCH3 is 2. The molecule has 139 valence electrons. The van der Waals surface area contributed by atoms with Gasteiger partial charge in [0.25, 0.3) is 0 Å². The van der Waals surface area contributed by atoms with E-state index < -0.39 is 0 Å². The SMILES string of the molecule is [CH2]CCCc1cccc(N2CCN(c3ccc(OC)c(OC)c3)CC2)c1. The average molecular weight is 353 g/mol. The van der Waals surface area contributed by atoms with Crippen LogP contribution in [0.3, 0.4) is 0 Å². The van der Waals surface area contributed by atoms with Gasteiger partial charge in [-0.1, -0.05) is 25.5 Å². The third kappa shape index (κ3) is 4.24. The molecule has 0 atom stereocenters. The van der Waals surface area contributed by atoms with Crippen LogP contribution in [-0.2, 0) is 6.42 Å². The smallest absolute Gasteiger partial charge is 0.162 e. The van der Waals surface area contributed by atoms with Crippen molar-refractivity contribution in [2.45, 2.75) is 19.3 Å². The Morgan fingerprint density at radius 2 is 1.50 bits per heavy atom. The maximum absolute atomic E-state index is 5.44. The lowest BCUT2D eigenvalue weighted by molar-refractivity contribution is 0.355. The van der Waals surface area contributed by atoms with E-state index in [0.717, 1.165) is 56.9 Å². The molecule has 4 nitrogen and oxygen atoms in total. The van der Waals surface area contributed by atoms with E-state index in [4.69, 9.17) is 9.47 Å². The van der Waals surface area contributed by atoms with E-state index in [-0.39, 0.29) is 0 Å². The minimum absolute atomic E-state index is 0.772. The molecule has 0 aromatic heterocycles. The molecule has 1 fully saturated rings. The van der Waals surface area contributed by atoms with Crippen molar-refractivity contribution < 1.29 is 9.47 Å². The van der Waals surface area contributed by atoms with Gasteiger partial charge in [0, 0.05) is 43.6 Å². The lowest BCUT2D eigenvalue weighted by Gasteiger charge is -2.37. The highest BCUT2D eigenvalue weighted by molar-refractivity contribution is 5.58. The van der Waals surface area contributed by atoms with E-state index in [1.807, 2.05) is 6.07 Å². The second-order valence-corrected chi connectivity index (χ2v) is 6.64. The molecule has 26 heavy (non-hydrogen) atoms. The summed E-state index contributed by atoms with van der Waals surface area (Å²) in [5.74, 6) is 1.56. The minimum atomic E-state index is 0.772. The molecule has 1 heterocycles. The van der Waals surface area contributed by atoms with Gasteiger partial charge in [-0.05, 0) is 42.7 Å². The number of anilines is 2. The van der Waals surface area contributed by atoms with Crippen LogP contribution in [0.15, 0.2) is 42.5 Å². The first-order chi connectivity index (χ1) is 12.7. The average Bonchev–Trinajstić information content (AvgIpc) is 2.72. The Morgan fingerprint density at radius 3 is 2.12 bits per heavy atom. The van der Waals surface area contributed by atoms with Crippen LogP contribution in [-0.4, -0.2) is 40.4 Å². The molecular weight excluding hydrogens is 324 g/mol. The maximum atomic E-state index is 5.44. The summed E-state index contributed by atoms with van der Waals surface area (Å²) >= 11 is 0. The molecule has 2 aromatic carbocycles. The van der Waals surface area contributed by atoms with Crippen LogP contribution in [0.2, 0.25) is 0 Å². The number of benzene rings is 2. The van der Waals surface area contributed by atoms with Crippen LogP contribution in [0.5, 0.6) is 11.5 Å². The lowest BCUT2D eigenvalue weighted by Crippen LogP contribution is -2.46. The summed E-state index contributed by atoms with van der Waals surface area (Å²) in [4.78, 5) is 4.88. The molecule has 4 heteroatoms. The molecule has 1 radical (unpaired) electrons. The first kappa shape index (κ1) is 18.4. The van der Waals surface area contributed by atoms with Crippen LogP contribution < -0.4 is 19.3 Å². The molecule has 0 bridgehead atoms. The largest absolute Gasteiger partial charge is 0.493 e. The fourth-order valence-electron chi connectivity index (χ4n) is 3.48. The fourth-order valence-corrected chi connectivity index (χ4v) is 3.48. The van der Waals surface area contributed by atoms with Crippen molar-refractivity contribution in [3.8, 4) is 11.5 Å². The minimum Gasteiger partial charge on any atom is -0.493 e. The Bertz CT molecular complexity index is 709. The molecular formula is C22H29N2O2. The standard InChI is InChI=1S/C22H29N2O2/c1-4-5-7-18-8-6-9-19(16-18)23-12-14-24(15-13-23)20-10-11-21(25-2)22(17-20)26-3/h6,8-11,16-17H,1,4-5,7,12-15H2,2-3H3. The number of aryl methyl sites for hydroxylation is 1. The Hall–Kier alpha value is -2.36. The Balaban J connectivity index is 1.64. The Kier molecular flexibility index (Phi) is 6.26. The lowest BCUT2D eigenvalue weighted by atomic mass is 10.1. The van der Waals surface area contributed by atoms with Crippen molar-refractivity contribution >= 4 is 11.4 Å². The van der Waals surface area contributed by atoms with Gasteiger partial charge < -0.3 is 19.3 Å². The van der Waals surface area contributed by atoms with Gasteiger partial charge in [-0.3, -0.25) is 0 Å². The molecule has 0 amide bonds. The molecule has 0 spiro atoms.